The summed E-state index contributed by atoms with van der Waals surface area (Å²) in [7, 11) is 0. The van der Waals surface area contributed by atoms with E-state index in [9.17, 15) is 19.5 Å². The SMILES string of the molecule is CC(C)(C)OC(=O)N(Cc1ccccc1)[C@@H](C(=O)NCC(=O)O)C(c1ccccc1)c1ccccc1. The van der Waals surface area contributed by atoms with E-state index in [4.69, 9.17) is 4.74 Å². The minimum Gasteiger partial charge on any atom is -0.480 e. The van der Waals surface area contributed by atoms with Crippen LogP contribution in [0.4, 0.5) is 4.79 Å². The number of rotatable bonds is 9. The molecular formula is C29H32N2O5. The van der Waals surface area contributed by atoms with E-state index in [1.54, 1.807) is 20.8 Å². The van der Waals surface area contributed by atoms with Crippen LogP contribution >= 0.6 is 0 Å². The molecule has 188 valence electrons. The summed E-state index contributed by atoms with van der Waals surface area (Å²) in [5.74, 6) is -2.35. The lowest BCUT2D eigenvalue weighted by Gasteiger charge is -2.37. The number of hydrogen-bond acceptors (Lipinski definition) is 4. The summed E-state index contributed by atoms with van der Waals surface area (Å²) >= 11 is 0. The molecule has 0 aliphatic carbocycles. The third-order valence-corrected chi connectivity index (χ3v) is 5.48. The highest BCUT2D eigenvalue weighted by Crippen LogP contribution is 2.33. The van der Waals surface area contributed by atoms with Gasteiger partial charge in [-0.2, -0.15) is 0 Å². The van der Waals surface area contributed by atoms with Crippen LogP contribution in [0.3, 0.4) is 0 Å². The summed E-state index contributed by atoms with van der Waals surface area (Å²) in [6, 6.07) is 27.0. The summed E-state index contributed by atoms with van der Waals surface area (Å²) < 4.78 is 5.74. The molecule has 2 N–H and O–H groups in total. The van der Waals surface area contributed by atoms with Gasteiger partial charge in [-0.15, -0.1) is 0 Å². The number of carbonyl (C=O) groups is 3. The second kappa shape index (κ2) is 12.0. The van der Waals surface area contributed by atoms with Crippen LogP contribution in [0.15, 0.2) is 91.0 Å². The van der Waals surface area contributed by atoms with Crippen LogP contribution in [-0.4, -0.2) is 46.2 Å². The lowest BCUT2D eigenvalue weighted by atomic mass is 9.83. The quantitative estimate of drug-likeness (QED) is 0.450. The van der Waals surface area contributed by atoms with Crippen molar-refractivity contribution >= 4 is 18.0 Å². The summed E-state index contributed by atoms with van der Waals surface area (Å²) in [6.45, 7) is 4.81. The van der Waals surface area contributed by atoms with Gasteiger partial charge in [0.15, 0.2) is 0 Å². The minimum atomic E-state index is -1.18. The third kappa shape index (κ3) is 7.43. The summed E-state index contributed by atoms with van der Waals surface area (Å²) in [6.07, 6.45) is -0.668. The van der Waals surface area contributed by atoms with Crippen molar-refractivity contribution in [3.63, 3.8) is 0 Å². The third-order valence-electron chi connectivity index (χ3n) is 5.48. The van der Waals surface area contributed by atoms with Gasteiger partial charge in [-0.05, 0) is 37.5 Å². The van der Waals surface area contributed by atoms with Crippen molar-refractivity contribution in [2.75, 3.05) is 6.54 Å². The Labute approximate surface area is 211 Å². The molecule has 0 heterocycles. The number of hydrogen-bond donors (Lipinski definition) is 2. The Kier molecular flexibility index (Phi) is 8.84. The molecule has 0 fully saturated rings. The molecule has 1 atom stereocenters. The molecular weight excluding hydrogens is 456 g/mol. The molecule has 0 aromatic heterocycles. The van der Waals surface area contributed by atoms with Crippen LogP contribution in [0.25, 0.3) is 0 Å². The van der Waals surface area contributed by atoms with E-state index in [2.05, 4.69) is 5.32 Å². The van der Waals surface area contributed by atoms with E-state index < -0.39 is 42.1 Å². The van der Waals surface area contributed by atoms with Gasteiger partial charge < -0.3 is 15.2 Å². The number of aliphatic carboxylic acids is 1. The molecule has 0 spiro atoms. The maximum atomic E-state index is 13.7. The first kappa shape index (κ1) is 26.5. The van der Waals surface area contributed by atoms with Crippen molar-refractivity contribution in [3.8, 4) is 0 Å². The Hall–Kier alpha value is -4.13. The van der Waals surface area contributed by atoms with Crippen molar-refractivity contribution in [3.05, 3.63) is 108 Å². The molecule has 3 aromatic rings. The molecule has 3 rings (SSSR count). The van der Waals surface area contributed by atoms with Gasteiger partial charge in [0, 0.05) is 12.5 Å². The first-order valence-electron chi connectivity index (χ1n) is 11.8. The molecule has 0 aliphatic rings. The van der Waals surface area contributed by atoms with Gasteiger partial charge in [0.25, 0.3) is 0 Å². The molecule has 7 heteroatoms. The zero-order chi connectivity index (χ0) is 26.1. The normalized spacial score (nSPS) is 12.0. The van der Waals surface area contributed by atoms with E-state index in [1.165, 1.54) is 4.90 Å². The average Bonchev–Trinajstić information content (AvgIpc) is 2.85. The monoisotopic (exact) mass is 488 g/mol. The molecule has 36 heavy (non-hydrogen) atoms. The van der Waals surface area contributed by atoms with Gasteiger partial charge in [-0.1, -0.05) is 91.0 Å². The predicted octanol–water partition coefficient (Wildman–Crippen LogP) is 4.83. The number of nitrogens with zero attached hydrogens (tertiary/aromatic N) is 1. The number of carboxylic acids is 1. The Morgan fingerprint density at radius 3 is 1.75 bits per heavy atom. The van der Waals surface area contributed by atoms with E-state index in [-0.39, 0.29) is 6.54 Å². The Morgan fingerprint density at radius 1 is 0.833 bits per heavy atom. The number of amides is 2. The largest absolute Gasteiger partial charge is 0.480 e. The zero-order valence-electron chi connectivity index (χ0n) is 20.8. The number of nitrogens with one attached hydrogen (secondary N) is 1. The van der Waals surface area contributed by atoms with E-state index in [0.29, 0.717) is 0 Å². The summed E-state index contributed by atoms with van der Waals surface area (Å²) in [5, 5.41) is 11.7. The van der Waals surface area contributed by atoms with Crippen LogP contribution in [0.5, 0.6) is 0 Å². The highest BCUT2D eigenvalue weighted by atomic mass is 16.6. The average molecular weight is 489 g/mol. The van der Waals surface area contributed by atoms with Crippen LogP contribution in [0.1, 0.15) is 43.4 Å². The Morgan fingerprint density at radius 2 is 1.31 bits per heavy atom. The molecule has 0 unspecified atom stereocenters. The summed E-state index contributed by atoms with van der Waals surface area (Å²) in [4.78, 5) is 40.0. The fraction of sp³-hybridized carbons (Fsp3) is 0.276. The first-order chi connectivity index (χ1) is 17.2. The number of carboxylic acid groups (broad SMARTS) is 1. The van der Waals surface area contributed by atoms with Gasteiger partial charge in [0.2, 0.25) is 5.91 Å². The summed E-state index contributed by atoms with van der Waals surface area (Å²) in [5.41, 5.74) is 1.61. The second-order valence-corrected chi connectivity index (χ2v) is 9.45. The van der Waals surface area contributed by atoms with Crippen molar-refractivity contribution < 1.29 is 24.2 Å². The van der Waals surface area contributed by atoms with E-state index >= 15 is 0 Å². The Bertz CT molecular complexity index is 1110. The van der Waals surface area contributed by atoms with Gasteiger partial charge in [-0.25, -0.2) is 4.79 Å². The second-order valence-electron chi connectivity index (χ2n) is 9.45. The maximum Gasteiger partial charge on any atom is 0.411 e. The van der Waals surface area contributed by atoms with Crippen molar-refractivity contribution in [2.45, 2.75) is 44.9 Å². The molecule has 0 radical (unpaired) electrons. The van der Waals surface area contributed by atoms with Gasteiger partial charge in [0.05, 0.1) is 0 Å². The predicted molar refractivity (Wildman–Crippen MR) is 137 cm³/mol. The zero-order valence-corrected chi connectivity index (χ0v) is 20.8. The van der Waals surface area contributed by atoms with Gasteiger partial charge in [0.1, 0.15) is 18.2 Å². The molecule has 7 nitrogen and oxygen atoms in total. The van der Waals surface area contributed by atoms with E-state index in [1.807, 2.05) is 91.0 Å². The van der Waals surface area contributed by atoms with Crippen LogP contribution in [0, 0.1) is 0 Å². The van der Waals surface area contributed by atoms with Crippen molar-refractivity contribution in [1.29, 1.82) is 0 Å². The van der Waals surface area contributed by atoms with Crippen molar-refractivity contribution in [1.82, 2.24) is 10.2 Å². The molecule has 2 amide bonds. The molecule has 0 aliphatic heterocycles. The van der Waals surface area contributed by atoms with Crippen molar-refractivity contribution in [2.24, 2.45) is 0 Å². The van der Waals surface area contributed by atoms with E-state index in [0.717, 1.165) is 16.7 Å². The number of ether oxygens (including phenoxy) is 1. The van der Waals surface area contributed by atoms with Crippen LogP contribution < -0.4 is 5.32 Å². The highest BCUT2D eigenvalue weighted by Gasteiger charge is 2.40. The fourth-order valence-corrected chi connectivity index (χ4v) is 4.00. The van der Waals surface area contributed by atoms with Gasteiger partial charge >= 0.3 is 12.1 Å². The highest BCUT2D eigenvalue weighted by molar-refractivity contribution is 5.89. The van der Waals surface area contributed by atoms with Crippen LogP contribution in [-0.2, 0) is 20.9 Å². The Balaban J connectivity index is 2.18. The standard InChI is InChI=1S/C29H32N2O5/c1-29(2,3)36-28(35)31(20-21-13-7-4-8-14-21)26(27(34)30-19-24(32)33)25(22-15-9-5-10-16-22)23-17-11-6-12-18-23/h4-18,25-26H,19-20H2,1-3H3,(H,30,34)(H,32,33)/t26-/m1/s1. The first-order valence-corrected chi connectivity index (χ1v) is 11.8. The van der Waals surface area contributed by atoms with Gasteiger partial charge in [-0.3, -0.25) is 14.5 Å². The lowest BCUT2D eigenvalue weighted by molar-refractivity contribution is -0.138. The smallest absolute Gasteiger partial charge is 0.411 e. The molecule has 3 aromatic carbocycles. The fourth-order valence-electron chi connectivity index (χ4n) is 4.00. The molecule has 0 bridgehead atoms. The maximum absolute atomic E-state index is 13.7. The number of benzene rings is 3. The topological polar surface area (TPSA) is 95.9 Å². The molecule has 0 saturated carbocycles. The lowest BCUT2D eigenvalue weighted by Crippen LogP contribution is -2.54. The van der Waals surface area contributed by atoms with Crippen LogP contribution in [0.2, 0.25) is 0 Å². The molecule has 0 saturated heterocycles. The number of carbonyl (C=O) groups excluding carboxylic acids is 2. The minimum absolute atomic E-state index is 0.0943.